The van der Waals surface area contributed by atoms with Crippen LogP contribution in [0.1, 0.15) is 59.3 Å². The van der Waals surface area contributed by atoms with Gasteiger partial charge in [0.2, 0.25) is 0 Å². The summed E-state index contributed by atoms with van der Waals surface area (Å²) in [5.41, 5.74) is 0. The van der Waals surface area contributed by atoms with E-state index in [1.807, 2.05) is 7.05 Å². The quantitative estimate of drug-likeness (QED) is 0.426. The van der Waals surface area contributed by atoms with Gasteiger partial charge in [0.05, 0.1) is 6.10 Å². The molecule has 2 fully saturated rings. The lowest BCUT2D eigenvalue weighted by Gasteiger charge is -2.23. The molecule has 0 bridgehead atoms. The standard InChI is InChI=1S/C19H38N4O/c1-15(2)23-13-16(3)18(14-23)22-19(20-4)21-11-8-12-24-17-9-6-5-7-10-17/h15-18H,5-14H2,1-4H3,(H2,20,21,22). The maximum absolute atomic E-state index is 5.98. The molecule has 0 aromatic carbocycles. The molecule has 5 nitrogen and oxygen atoms in total. The van der Waals surface area contributed by atoms with Crippen LogP contribution in [-0.2, 0) is 4.74 Å². The van der Waals surface area contributed by atoms with Crippen molar-refractivity contribution in [1.29, 1.82) is 0 Å². The van der Waals surface area contributed by atoms with E-state index in [9.17, 15) is 0 Å². The van der Waals surface area contributed by atoms with Crippen molar-refractivity contribution >= 4 is 5.96 Å². The molecule has 2 aliphatic rings. The molecule has 1 aliphatic carbocycles. The highest BCUT2D eigenvalue weighted by Crippen LogP contribution is 2.20. The van der Waals surface area contributed by atoms with Gasteiger partial charge in [-0.05, 0) is 39.0 Å². The number of hydrogen-bond donors (Lipinski definition) is 2. The SMILES string of the molecule is CN=C(NCCCOC1CCCCC1)NC1CN(C(C)C)CC1C. The Kier molecular flexibility index (Phi) is 8.33. The third kappa shape index (κ3) is 6.25. The molecule has 140 valence electrons. The predicted octanol–water partition coefficient (Wildman–Crippen LogP) is 2.62. The second-order valence-corrected chi connectivity index (χ2v) is 7.76. The van der Waals surface area contributed by atoms with E-state index in [0.717, 1.165) is 32.1 Å². The van der Waals surface area contributed by atoms with E-state index in [2.05, 4.69) is 41.3 Å². The smallest absolute Gasteiger partial charge is 0.191 e. The zero-order valence-corrected chi connectivity index (χ0v) is 16.2. The van der Waals surface area contributed by atoms with Crippen LogP contribution in [0.15, 0.2) is 4.99 Å². The first kappa shape index (κ1) is 19.5. The molecule has 2 N–H and O–H groups in total. The minimum Gasteiger partial charge on any atom is -0.378 e. The van der Waals surface area contributed by atoms with Gasteiger partial charge in [-0.15, -0.1) is 0 Å². The van der Waals surface area contributed by atoms with Crippen molar-refractivity contribution in [2.45, 2.75) is 77.5 Å². The van der Waals surface area contributed by atoms with Gasteiger partial charge in [-0.25, -0.2) is 0 Å². The maximum atomic E-state index is 5.98. The van der Waals surface area contributed by atoms with Crippen LogP contribution in [0.3, 0.4) is 0 Å². The van der Waals surface area contributed by atoms with Crippen molar-refractivity contribution in [3.63, 3.8) is 0 Å². The highest BCUT2D eigenvalue weighted by atomic mass is 16.5. The summed E-state index contributed by atoms with van der Waals surface area (Å²) in [4.78, 5) is 6.91. The first-order valence-electron chi connectivity index (χ1n) is 9.93. The fourth-order valence-electron chi connectivity index (χ4n) is 3.74. The van der Waals surface area contributed by atoms with Crippen LogP contribution in [0, 0.1) is 5.92 Å². The number of aliphatic imine (C=N–C) groups is 1. The van der Waals surface area contributed by atoms with Gasteiger partial charge in [-0.3, -0.25) is 9.89 Å². The zero-order chi connectivity index (χ0) is 17.4. The van der Waals surface area contributed by atoms with Gasteiger partial charge in [-0.1, -0.05) is 26.2 Å². The zero-order valence-electron chi connectivity index (χ0n) is 16.2. The predicted molar refractivity (Wildman–Crippen MR) is 102 cm³/mol. The Morgan fingerprint density at radius 1 is 1.21 bits per heavy atom. The molecular formula is C19H38N4O. The van der Waals surface area contributed by atoms with E-state index >= 15 is 0 Å². The summed E-state index contributed by atoms with van der Waals surface area (Å²) in [6.45, 7) is 10.9. The third-order valence-corrected chi connectivity index (χ3v) is 5.44. The fraction of sp³-hybridized carbons (Fsp3) is 0.947. The lowest BCUT2D eigenvalue weighted by Crippen LogP contribution is -2.47. The first-order valence-corrected chi connectivity index (χ1v) is 9.93. The van der Waals surface area contributed by atoms with Crippen LogP contribution in [0.25, 0.3) is 0 Å². The average molecular weight is 339 g/mol. The molecule has 0 spiro atoms. The maximum Gasteiger partial charge on any atom is 0.191 e. The van der Waals surface area contributed by atoms with E-state index < -0.39 is 0 Å². The minimum absolute atomic E-state index is 0.483. The Morgan fingerprint density at radius 3 is 2.58 bits per heavy atom. The molecule has 1 saturated carbocycles. The molecule has 1 heterocycles. The highest BCUT2D eigenvalue weighted by molar-refractivity contribution is 5.80. The van der Waals surface area contributed by atoms with Crippen LogP contribution in [-0.4, -0.2) is 62.3 Å². The van der Waals surface area contributed by atoms with Gasteiger partial charge in [0.15, 0.2) is 5.96 Å². The van der Waals surface area contributed by atoms with E-state index in [0.29, 0.717) is 24.1 Å². The van der Waals surface area contributed by atoms with Crippen LogP contribution >= 0.6 is 0 Å². The van der Waals surface area contributed by atoms with Crippen molar-refractivity contribution < 1.29 is 4.74 Å². The van der Waals surface area contributed by atoms with Crippen molar-refractivity contribution in [3.05, 3.63) is 0 Å². The van der Waals surface area contributed by atoms with E-state index in [-0.39, 0.29) is 0 Å². The van der Waals surface area contributed by atoms with Gasteiger partial charge in [0.1, 0.15) is 0 Å². The topological polar surface area (TPSA) is 48.9 Å². The molecule has 0 amide bonds. The summed E-state index contributed by atoms with van der Waals surface area (Å²) in [6.07, 6.45) is 8.12. The highest BCUT2D eigenvalue weighted by Gasteiger charge is 2.31. The molecule has 24 heavy (non-hydrogen) atoms. The van der Waals surface area contributed by atoms with Crippen molar-refractivity contribution in [1.82, 2.24) is 15.5 Å². The molecule has 1 aliphatic heterocycles. The van der Waals surface area contributed by atoms with Gasteiger partial charge in [-0.2, -0.15) is 0 Å². The molecule has 2 atom stereocenters. The number of ether oxygens (including phenoxy) is 1. The Bertz CT molecular complexity index is 380. The lowest BCUT2D eigenvalue weighted by atomic mass is 9.98. The van der Waals surface area contributed by atoms with Crippen molar-refractivity contribution in [2.24, 2.45) is 10.9 Å². The molecule has 2 unspecified atom stereocenters. The second kappa shape index (κ2) is 10.2. The molecule has 0 aromatic heterocycles. The van der Waals surface area contributed by atoms with E-state index in [4.69, 9.17) is 4.74 Å². The number of nitrogens with zero attached hydrogens (tertiary/aromatic N) is 2. The van der Waals surface area contributed by atoms with Gasteiger partial charge in [0.25, 0.3) is 0 Å². The summed E-state index contributed by atoms with van der Waals surface area (Å²) in [5, 5.41) is 7.04. The lowest BCUT2D eigenvalue weighted by molar-refractivity contribution is 0.0277. The average Bonchev–Trinajstić information content (AvgIpc) is 2.95. The Labute approximate surface area is 148 Å². The molecule has 0 aromatic rings. The van der Waals surface area contributed by atoms with Crippen molar-refractivity contribution in [3.8, 4) is 0 Å². The molecule has 0 radical (unpaired) electrons. The van der Waals surface area contributed by atoms with Crippen LogP contribution < -0.4 is 10.6 Å². The summed E-state index contributed by atoms with van der Waals surface area (Å²) in [7, 11) is 1.85. The Balaban J connectivity index is 1.60. The summed E-state index contributed by atoms with van der Waals surface area (Å²) >= 11 is 0. The number of rotatable bonds is 7. The third-order valence-electron chi connectivity index (χ3n) is 5.44. The molecule has 5 heteroatoms. The first-order chi connectivity index (χ1) is 11.6. The normalized spacial score (nSPS) is 27.0. The number of nitrogens with one attached hydrogen (secondary N) is 2. The number of guanidine groups is 1. The minimum atomic E-state index is 0.483. The van der Waals surface area contributed by atoms with E-state index in [1.165, 1.54) is 38.6 Å². The molecule has 2 rings (SSSR count). The Hall–Kier alpha value is -0.810. The Morgan fingerprint density at radius 2 is 1.96 bits per heavy atom. The van der Waals surface area contributed by atoms with Gasteiger partial charge in [0, 0.05) is 45.4 Å². The van der Waals surface area contributed by atoms with E-state index in [1.54, 1.807) is 0 Å². The molecule has 1 saturated heterocycles. The van der Waals surface area contributed by atoms with Gasteiger partial charge < -0.3 is 15.4 Å². The number of likely N-dealkylation sites (tertiary alicyclic amines) is 1. The summed E-state index contributed by atoms with van der Waals surface area (Å²) in [6, 6.07) is 1.10. The summed E-state index contributed by atoms with van der Waals surface area (Å²) < 4.78 is 5.98. The van der Waals surface area contributed by atoms with Crippen LogP contribution in [0.4, 0.5) is 0 Å². The van der Waals surface area contributed by atoms with Crippen molar-refractivity contribution in [2.75, 3.05) is 33.3 Å². The summed E-state index contributed by atoms with van der Waals surface area (Å²) in [5.74, 6) is 1.58. The number of hydrogen-bond acceptors (Lipinski definition) is 3. The van der Waals surface area contributed by atoms with Crippen LogP contribution in [0.5, 0.6) is 0 Å². The van der Waals surface area contributed by atoms with Crippen LogP contribution in [0.2, 0.25) is 0 Å². The second-order valence-electron chi connectivity index (χ2n) is 7.76. The van der Waals surface area contributed by atoms with Gasteiger partial charge >= 0.3 is 0 Å². The monoisotopic (exact) mass is 338 g/mol. The fourth-order valence-corrected chi connectivity index (χ4v) is 3.74. The molecular weight excluding hydrogens is 300 g/mol. The largest absolute Gasteiger partial charge is 0.378 e.